The number of halogens is 2. The molecule has 0 bridgehead atoms. The first kappa shape index (κ1) is 21.2. The largest absolute Gasteiger partial charge is 0.356 e. The molecule has 1 aliphatic heterocycles. The highest BCUT2D eigenvalue weighted by Gasteiger charge is 2.14. The van der Waals surface area contributed by atoms with Gasteiger partial charge in [-0.15, -0.1) is 24.0 Å². The molecule has 1 unspecified atom stereocenters. The Balaban J connectivity index is 0.00000288. The third-order valence-electron chi connectivity index (χ3n) is 4.21. The van der Waals surface area contributed by atoms with Crippen LogP contribution in [0, 0.1) is 11.7 Å². The van der Waals surface area contributed by atoms with Crippen LogP contribution in [0.2, 0.25) is 0 Å². The van der Waals surface area contributed by atoms with Gasteiger partial charge in [0.15, 0.2) is 5.96 Å². The van der Waals surface area contributed by atoms with Gasteiger partial charge in [0.05, 0.1) is 0 Å². The number of hydrogen-bond acceptors (Lipinski definition) is 2. The van der Waals surface area contributed by atoms with Gasteiger partial charge in [-0.25, -0.2) is 4.39 Å². The molecular weight excluding hydrogens is 418 g/mol. The minimum atomic E-state index is -0.180. The van der Waals surface area contributed by atoms with E-state index in [1.54, 1.807) is 19.2 Å². The van der Waals surface area contributed by atoms with Gasteiger partial charge in [0.2, 0.25) is 0 Å². The molecule has 1 aromatic rings. The van der Waals surface area contributed by atoms with Crippen LogP contribution in [-0.4, -0.2) is 50.6 Å². The molecule has 2 N–H and O–H groups in total. The van der Waals surface area contributed by atoms with Crippen LogP contribution in [0.15, 0.2) is 29.3 Å². The van der Waals surface area contributed by atoms with E-state index < -0.39 is 0 Å². The second-order valence-corrected chi connectivity index (χ2v) is 6.37. The monoisotopic (exact) mass is 448 g/mol. The highest BCUT2D eigenvalue weighted by molar-refractivity contribution is 14.0. The molecule has 0 saturated carbocycles. The maximum atomic E-state index is 13.1. The van der Waals surface area contributed by atoms with Gasteiger partial charge in [0.1, 0.15) is 5.82 Å². The molecule has 1 aromatic carbocycles. The first-order valence-corrected chi connectivity index (χ1v) is 8.58. The summed E-state index contributed by atoms with van der Waals surface area (Å²) in [7, 11) is 1.78. The van der Waals surface area contributed by atoms with Crippen LogP contribution in [0.1, 0.15) is 25.3 Å². The fourth-order valence-corrected chi connectivity index (χ4v) is 2.98. The molecular formula is C18H30FIN4. The third kappa shape index (κ3) is 7.79. The van der Waals surface area contributed by atoms with Crippen LogP contribution >= 0.6 is 24.0 Å². The van der Waals surface area contributed by atoms with E-state index >= 15 is 0 Å². The second kappa shape index (κ2) is 11.6. The van der Waals surface area contributed by atoms with Gasteiger partial charge in [-0.05, 0) is 56.0 Å². The summed E-state index contributed by atoms with van der Waals surface area (Å²) in [6.07, 6.45) is 3.45. The highest BCUT2D eigenvalue weighted by Crippen LogP contribution is 2.09. The summed E-state index contributed by atoms with van der Waals surface area (Å²) in [5, 5.41) is 6.67. The van der Waals surface area contributed by atoms with E-state index in [0.29, 0.717) is 5.92 Å². The van der Waals surface area contributed by atoms with E-state index in [1.165, 1.54) is 32.0 Å². The first-order valence-electron chi connectivity index (χ1n) is 8.58. The van der Waals surface area contributed by atoms with Crippen molar-refractivity contribution in [2.24, 2.45) is 10.9 Å². The Morgan fingerprint density at radius 1 is 1.29 bits per heavy atom. The van der Waals surface area contributed by atoms with Gasteiger partial charge >= 0.3 is 0 Å². The molecule has 2 rings (SSSR count). The van der Waals surface area contributed by atoms with E-state index in [1.807, 2.05) is 6.07 Å². The number of benzene rings is 1. The quantitative estimate of drug-likeness (QED) is 0.383. The zero-order valence-corrected chi connectivity index (χ0v) is 17.1. The number of guanidine groups is 1. The molecule has 0 spiro atoms. The lowest BCUT2D eigenvalue weighted by Gasteiger charge is -2.21. The summed E-state index contributed by atoms with van der Waals surface area (Å²) < 4.78 is 13.1. The second-order valence-electron chi connectivity index (χ2n) is 6.37. The van der Waals surface area contributed by atoms with Crippen molar-refractivity contribution in [3.63, 3.8) is 0 Å². The van der Waals surface area contributed by atoms with Crippen LogP contribution in [0.4, 0.5) is 4.39 Å². The summed E-state index contributed by atoms with van der Waals surface area (Å²) in [6.45, 7) is 7.55. The van der Waals surface area contributed by atoms with Crippen LogP contribution in [0.3, 0.4) is 0 Å². The summed E-state index contributed by atoms with van der Waals surface area (Å²) in [5.74, 6) is 1.23. The molecule has 0 amide bonds. The maximum absolute atomic E-state index is 13.1. The van der Waals surface area contributed by atoms with Gasteiger partial charge in [0.25, 0.3) is 0 Å². The van der Waals surface area contributed by atoms with Crippen molar-refractivity contribution in [1.82, 2.24) is 15.5 Å². The van der Waals surface area contributed by atoms with Gasteiger partial charge in [-0.2, -0.15) is 0 Å². The lowest BCUT2D eigenvalue weighted by molar-refractivity contribution is 0.287. The Bertz CT molecular complexity index is 504. The number of aliphatic imine (C=N–C) groups is 1. The topological polar surface area (TPSA) is 39.7 Å². The minimum Gasteiger partial charge on any atom is -0.356 e. The molecule has 0 radical (unpaired) electrons. The number of nitrogens with zero attached hydrogens (tertiary/aromatic N) is 2. The zero-order valence-electron chi connectivity index (χ0n) is 14.7. The predicted molar refractivity (Wildman–Crippen MR) is 110 cm³/mol. The molecule has 1 heterocycles. The molecule has 6 heteroatoms. The van der Waals surface area contributed by atoms with Crippen LogP contribution < -0.4 is 10.6 Å². The minimum absolute atomic E-state index is 0. The third-order valence-corrected chi connectivity index (χ3v) is 4.21. The van der Waals surface area contributed by atoms with Crippen molar-refractivity contribution in [1.29, 1.82) is 0 Å². The fourth-order valence-electron chi connectivity index (χ4n) is 2.98. The van der Waals surface area contributed by atoms with Crippen molar-refractivity contribution in [2.75, 3.05) is 39.8 Å². The van der Waals surface area contributed by atoms with Crippen LogP contribution in [0.5, 0.6) is 0 Å². The van der Waals surface area contributed by atoms with Crippen LogP contribution in [0.25, 0.3) is 0 Å². The Morgan fingerprint density at radius 3 is 2.71 bits per heavy atom. The van der Waals surface area contributed by atoms with E-state index in [-0.39, 0.29) is 29.8 Å². The summed E-state index contributed by atoms with van der Waals surface area (Å²) in [4.78, 5) is 6.78. The number of likely N-dealkylation sites (tertiary alicyclic amines) is 1. The molecule has 1 atom stereocenters. The Morgan fingerprint density at radius 2 is 2.04 bits per heavy atom. The van der Waals surface area contributed by atoms with Gasteiger partial charge in [-0.3, -0.25) is 4.99 Å². The van der Waals surface area contributed by atoms with Crippen LogP contribution in [-0.2, 0) is 6.42 Å². The molecule has 1 aliphatic rings. The number of hydrogen-bond donors (Lipinski definition) is 2. The van der Waals surface area contributed by atoms with E-state index in [2.05, 4.69) is 27.4 Å². The smallest absolute Gasteiger partial charge is 0.190 e. The number of rotatable bonds is 7. The standard InChI is InChI=1S/C18H29FN4.HI/c1-15(14-23-10-3-4-11-23)13-22-18(20-2)21-9-8-16-6-5-7-17(19)12-16;/h5-7,12,15H,3-4,8-11,13-14H2,1-2H3,(H2,20,21,22);1H. The predicted octanol–water partition coefficient (Wildman–Crippen LogP) is 2.88. The first-order chi connectivity index (χ1) is 11.2. The average molecular weight is 448 g/mol. The molecule has 4 nitrogen and oxygen atoms in total. The van der Waals surface area contributed by atoms with Crippen molar-refractivity contribution in [2.45, 2.75) is 26.2 Å². The average Bonchev–Trinajstić information content (AvgIpc) is 3.03. The number of nitrogens with one attached hydrogen (secondary N) is 2. The summed E-state index contributed by atoms with van der Waals surface area (Å²) in [6, 6.07) is 6.74. The van der Waals surface area contributed by atoms with Crippen molar-refractivity contribution >= 4 is 29.9 Å². The van der Waals surface area contributed by atoms with E-state index in [9.17, 15) is 4.39 Å². The maximum Gasteiger partial charge on any atom is 0.190 e. The van der Waals surface area contributed by atoms with Crippen molar-refractivity contribution in [3.8, 4) is 0 Å². The summed E-state index contributed by atoms with van der Waals surface area (Å²) >= 11 is 0. The van der Waals surface area contributed by atoms with Gasteiger partial charge in [-0.1, -0.05) is 19.1 Å². The zero-order chi connectivity index (χ0) is 16.5. The van der Waals surface area contributed by atoms with Gasteiger partial charge < -0.3 is 15.5 Å². The molecule has 1 saturated heterocycles. The van der Waals surface area contributed by atoms with Crippen molar-refractivity contribution < 1.29 is 4.39 Å². The molecule has 0 aliphatic carbocycles. The Kier molecular flexibility index (Phi) is 10.2. The van der Waals surface area contributed by atoms with Gasteiger partial charge in [0, 0.05) is 26.7 Å². The molecule has 136 valence electrons. The molecule has 0 aromatic heterocycles. The van der Waals surface area contributed by atoms with E-state index in [4.69, 9.17) is 0 Å². The lowest BCUT2D eigenvalue weighted by Crippen LogP contribution is -2.42. The molecule has 1 fully saturated rings. The summed E-state index contributed by atoms with van der Waals surface area (Å²) in [5.41, 5.74) is 0.996. The Hall–Kier alpha value is -0.890. The highest BCUT2D eigenvalue weighted by atomic mass is 127. The van der Waals surface area contributed by atoms with E-state index in [0.717, 1.165) is 37.6 Å². The normalized spacial score (nSPS) is 16.5. The molecule has 24 heavy (non-hydrogen) atoms. The Labute approximate surface area is 162 Å². The SMILES string of the molecule is CN=C(NCCc1cccc(F)c1)NCC(C)CN1CCCC1.I. The van der Waals surface area contributed by atoms with Crippen molar-refractivity contribution in [3.05, 3.63) is 35.6 Å². The lowest BCUT2D eigenvalue weighted by atomic mass is 10.1. The fraction of sp³-hybridized carbons (Fsp3) is 0.611.